The van der Waals surface area contributed by atoms with Crippen LogP contribution >= 0.6 is 0 Å². The summed E-state index contributed by atoms with van der Waals surface area (Å²) in [5, 5.41) is 6.42. The lowest BCUT2D eigenvalue weighted by Gasteiger charge is -2.32. The molecule has 1 unspecified atom stereocenters. The fourth-order valence-corrected chi connectivity index (χ4v) is 4.89. The molecular formula is C25H31FN6O. The minimum absolute atomic E-state index is 0.0687. The summed E-state index contributed by atoms with van der Waals surface area (Å²) in [6.45, 7) is 6.89. The number of carbonyl (C=O) groups excluding carboxylic acids is 1. The number of carbonyl (C=O) groups is 1. The van der Waals surface area contributed by atoms with Crippen LogP contribution in [-0.4, -0.2) is 57.4 Å². The average molecular weight is 451 g/mol. The lowest BCUT2D eigenvalue weighted by Crippen LogP contribution is -2.44. The van der Waals surface area contributed by atoms with Gasteiger partial charge in [0.25, 0.3) is 0 Å². The van der Waals surface area contributed by atoms with E-state index in [1.807, 2.05) is 6.07 Å². The highest BCUT2D eigenvalue weighted by molar-refractivity contribution is 5.87. The second-order valence-electron chi connectivity index (χ2n) is 9.28. The van der Waals surface area contributed by atoms with E-state index in [1.165, 1.54) is 42.7 Å². The number of nitrogens with one attached hydrogen (secondary N) is 2. The zero-order valence-electron chi connectivity index (χ0n) is 18.9. The van der Waals surface area contributed by atoms with Crippen LogP contribution < -0.4 is 10.6 Å². The summed E-state index contributed by atoms with van der Waals surface area (Å²) >= 11 is 0. The normalized spacial score (nSPS) is 21.1. The number of aromatic nitrogens is 2. The standard InChI is InChI=1S/C25H31FN6O/c1-2-23(33)32-12-4-6-20(16-32)28-24-22(26)14-27-25(30-24)29-19-8-7-17-5-3-11-31(21-9-10-21)15-18(17)13-19/h2,7-8,13-14,20-21H,1,3-6,9-12,15-16H2,(H2,27,28,29,30). The van der Waals surface area contributed by atoms with E-state index < -0.39 is 5.82 Å². The van der Waals surface area contributed by atoms with Crippen LogP contribution in [0.5, 0.6) is 0 Å². The van der Waals surface area contributed by atoms with Gasteiger partial charge in [0.15, 0.2) is 11.6 Å². The Bertz CT molecular complexity index is 1040. The Morgan fingerprint density at radius 2 is 2.06 bits per heavy atom. The van der Waals surface area contributed by atoms with E-state index in [9.17, 15) is 9.18 Å². The molecule has 2 aromatic rings. The number of piperidine rings is 1. The number of hydrogen-bond acceptors (Lipinski definition) is 6. The van der Waals surface area contributed by atoms with Crippen LogP contribution in [0, 0.1) is 5.82 Å². The third-order valence-electron chi connectivity index (χ3n) is 6.78. The molecule has 1 saturated heterocycles. The van der Waals surface area contributed by atoms with E-state index in [0.29, 0.717) is 19.0 Å². The van der Waals surface area contributed by atoms with Crippen LogP contribution in [-0.2, 0) is 17.8 Å². The molecule has 2 fully saturated rings. The van der Waals surface area contributed by atoms with Crippen molar-refractivity contribution in [3.63, 3.8) is 0 Å². The Kier molecular flexibility index (Phi) is 6.26. The molecule has 8 heteroatoms. The van der Waals surface area contributed by atoms with Crippen molar-refractivity contribution in [1.82, 2.24) is 19.8 Å². The molecule has 0 bridgehead atoms. The number of aryl methyl sites for hydroxylation is 1. The first-order valence-corrected chi connectivity index (χ1v) is 11.9. The summed E-state index contributed by atoms with van der Waals surface area (Å²) in [4.78, 5) is 24.8. The highest BCUT2D eigenvalue weighted by Gasteiger charge is 2.30. The van der Waals surface area contributed by atoms with E-state index in [0.717, 1.165) is 44.1 Å². The fraction of sp³-hybridized carbons (Fsp3) is 0.480. The number of halogens is 1. The predicted molar refractivity (Wildman–Crippen MR) is 127 cm³/mol. The van der Waals surface area contributed by atoms with Gasteiger partial charge in [0.2, 0.25) is 11.9 Å². The second kappa shape index (κ2) is 9.47. The molecule has 1 aromatic heterocycles. The first-order valence-electron chi connectivity index (χ1n) is 11.9. The molecule has 5 rings (SSSR count). The van der Waals surface area contributed by atoms with E-state index >= 15 is 0 Å². The highest BCUT2D eigenvalue weighted by Crippen LogP contribution is 2.32. The van der Waals surface area contributed by atoms with Gasteiger partial charge >= 0.3 is 0 Å². The molecule has 3 heterocycles. The first-order chi connectivity index (χ1) is 16.1. The summed E-state index contributed by atoms with van der Waals surface area (Å²) in [5.74, 6) is -0.105. The fourth-order valence-electron chi connectivity index (χ4n) is 4.89. The third kappa shape index (κ3) is 5.16. The average Bonchev–Trinajstić information content (AvgIpc) is 3.67. The van der Waals surface area contributed by atoms with Gasteiger partial charge in [-0.1, -0.05) is 12.6 Å². The maximum atomic E-state index is 14.5. The molecule has 3 aliphatic rings. The summed E-state index contributed by atoms with van der Waals surface area (Å²) in [7, 11) is 0. The predicted octanol–water partition coefficient (Wildman–Crippen LogP) is 3.86. The van der Waals surface area contributed by atoms with Crippen LogP contribution in [0.25, 0.3) is 0 Å². The van der Waals surface area contributed by atoms with Crippen molar-refractivity contribution >= 4 is 23.4 Å². The summed E-state index contributed by atoms with van der Waals surface area (Å²) in [5.41, 5.74) is 3.66. The molecule has 1 saturated carbocycles. The van der Waals surface area contributed by atoms with Gasteiger partial charge in [-0.2, -0.15) is 4.98 Å². The topological polar surface area (TPSA) is 73.4 Å². The molecule has 1 amide bonds. The number of hydrogen-bond donors (Lipinski definition) is 2. The van der Waals surface area contributed by atoms with Crippen LogP contribution in [0.3, 0.4) is 0 Å². The highest BCUT2D eigenvalue weighted by atomic mass is 19.1. The van der Waals surface area contributed by atoms with Gasteiger partial charge in [0.05, 0.1) is 6.20 Å². The molecule has 1 atom stereocenters. The van der Waals surface area contributed by atoms with Gasteiger partial charge in [-0.15, -0.1) is 0 Å². The summed E-state index contributed by atoms with van der Waals surface area (Å²) in [6, 6.07) is 7.09. The molecular weight excluding hydrogens is 419 g/mol. The third-order valence-corrected chi connectivity index (χ3v) is 6.78. The number of benzene rings is 1. The van der Waals surface area contributed by atoms with Gasteiger partial charge < -0.3 is 15.5 Å². The van der Waals surface area contributed by atoms with E-state index in [-0.39, 0.29) is 17.8 Å². The first kappa shape index (κ1) is 21.8. The smallest absolute Gasteiger partial charge is 0.246 e. The zero-order valence-corrected chi connectivity index (χ0v) is 18.9. The minimum Gasteiger partial charge on any atom is -0.363 e. The van der Waals surface area contributed by atoms with Crippen molar-refractivity contribution in [2.45, 2.75) is 57.2 Å². The van der Waals surface area contributed by atoms with Crippen molar-refractivity contribution in [1.29, 1.82) is 0 Å². The number of rotatable bonds is 6. The quantitative estimate of drug-likeness (QED) is 0.651. The molecule has 1 aromatic carbocycles. The van der Waals surface area contributed by atoms with Crippen molar-refractivity contribution < 1.29 is 9.18 Å². The van der Waals surface area contributed by atoms with E-state index in [4.69, 9.17) is 0 Å². The number of fused-ring (bicyclic) bond motifs is 1. The largest absolute Gasteiger partial charge is 0.363 e. The number of likely N-dealkylation sites (tertiary alicyclic amines) is 1. The van der Waals surface area contributed by atoms with E-state index in [2.05, 4.69) is 44.2 Å². The maximum Gasteiger partial charge on any atom is 0.246 e. The Morgan fingerprint density at radius 1 is 1.18 bits per heavy atom. The number of anilines is 3. The molecule has 33 heavy (non-hydrogen) atoms. The monoisotopic (exact) mass is 450 g/mol. The van der Waals surface area contributed by atoms with Crippen molar-refractivity contribution in [2.24, 2.45) is 0 Å². The van der Waals surface area contributed by atoms with Crippen LogP contribution in [0.4, 0.5) is 21.8 Å². The Balaban J connectivity index is 1.28. The van der Waals surface area contributed by atoms with Gasteiger partial charge in [0, 0.05) is 37.4 Å². The van der Waals surface area contributed by atoms with Gasteiger partial charge in [-0.3, -0.25) is 9.69 Å². The van der Waals surface area contributed by atoms with Crippen molar-refractivity contribution in [3.05, 3.63) is 54.0 Å². The Hall–Kier alpha value is -3.00. The van der Waals surface area contributed by atoms with Gasteiger partial charge in [0.1, 0.15) is 0 Å². The SMILES string of the molecule is C=CC(=O)N1CCCC(Nc2nc(Nc3ccc4c(c3)CN(C3CC3)CCC4)ncc2F)C1. The van der Waals surface area contributed by atoms with Gasteiger partial charge in [-0.05, 0) is 74.4 Å². The zero-order chi connectivity index (χ0) is 22.8. The molecule has 7 nitrogen and oxygen atoms in total. The molecule has 0 radical (unpaired) electrons. The lowest BCUT2D eigenvalue weighted by atomic mass is 10.0. The molecule has 2 aliphatic heterocycles. The Labute approximate surface area is 194 Å². The van der Waals surface area contributed by atoms with Crippen molar-refractivity contribution in [2.75, 3.05) is 30.3 Å². The minimum atomic E-state index is -0.505. The Morgan fingerprint density at radius 3 is 2.88 bits per heavy atom. The summed E-state index contributed by atoms with van der Waals surface area (Å²) < 4.78 is 14.5. The maximum absolute atomic E-state index is 14.5. The molecule has 2 N–H and O–H groups in total. The van der Waals surface area contributed by atoms with Crippen LogP contribution in [0.2, 0.25) is 0 Å². The molecule has 1 aliphatic carbocycles. The molecule has 174 valence electrons. The number of amides is 1. The van der Waals surface area contributed by atoms with Crippen LogP contribution in [0.15, 0.2) is 37.1 Å². The summed E-state index contributed by atoms with van der Waals surface area (Å²) in [6.07, 6.45) is 9.12. The lowest BCUT2D eigenvalue weighted by molar-refractivity contribution is -0.127. The van der Waals surface area contributed by atoms with E-state index in [1.54, 1.807) is 4.90 Å². The second-order valence-corrected chi connectivity index (χ2v) is 9.28. The molecule has 0 spiro atoms. The van der Waals surface area contributed by atoms with Crippen molar-refractivity contribution in [3.8, 4) is 0 Å². The number of nitrogens with zero attached hydrogens (tertiary/aromatic N) is 4. The van der Waals surface area contributed by atoms with Gasteiger partial charge in [-0.25, -0.2) is 9.37 Å². The van der Waals surface area contributed by atoms with Crippen LogP contribution in [0.1, 0.15) is 43.2 Å².